The smallest absolute Gasteiger partial charge is 0.0810 e. The van der Waals surface area contributed by atoms with Gasteiger partial charge in [-0.2, -0.15) is 0 Å². The largest absolute Gasteiger partial charge is 0.394 e. The van der Waals surface area contributed by atoms with Crippen LogP contribution < -0.4 is 5.73 Å². The van der Waals surface area contributed by atoms with E-state index in [4.69, 9.17) is 15.6 Å². The third-order valence-corrected chi connectivity index (χ3v) is 2.13. The van der Waals surface area contributed by atoms with Crippen LogP contribution in [-0.2, 0) is 4.74 Å². The van der Waals surface area contributed by atoms with Gasteiger partial charge in [0.25, 0.3) is 0 Å². The lowest BCUT2D eigenvalue weighted by atomic mass is 10.1. The highest BCUT2D eigenvalue weighted by Crippen LogP contribution is 2.22. The molecular weight excluding hydrogens is 142 g/mol. The molecule has 1 aliphatic heterocycles. The molecule has 66 valence electrons. The van der Waals surface area contributed by atoms with E-state index in [2.05, 4.69) is 0 Å². The van der Waals surface area contributed by atoms with Gasteiger partial charge in [0, 0.05) is 0 Å². The fraction of sp³-hybridized carbons (Fsp3) is 1.00. The summed E-state index contributed by atoms with van der Waals surface area (Å²) in [5.41, 5.74) is 5.37. The van der Waals surface area contributed by atoms with Crippen LogP contribution in [0.3, 0.4) is 0 Å². The van der Waals surface area contributed by atoms with Gasteiger partial charge in [0.15, 0.2) is 0 Å². The Morgan fingerprint density at radius 3 is 2.64 bits per heavy atom. The van der Waals surface area contributed by atoms with E-state index in [1.807, 2.05) is 0 Å². The minimum absolute atomic E-state index is 0.0952. The lowest BCUT2D eigenvalue weighted by molar-refractivity contribution is 0.00808. The quantitative estimate of drug-likeness (QED) is 0.619. The molecule has 1 aliphatic rings. The second-order valence-electron chi connectivity index (χ2n) is 3.07. The Bertz CT molecular complexity index is 108. The standard InChI is InChI=1S/C8H17NO2/c9-5-1-2-7-3-4-8(6-10)11-7/h7-8,10H,1-6,9H2/t7-,8-/m0/s1. The first-order chi connectivity index (χ1) is 5.36. The molecule has 3 N–H and O–H groups in total. The maximum Gasteiger partial charge on any atom is 0.0810 e. The maximum absolute atomic E-state index is 8.76. The lowest BCUT2D eigenvalue weighted by Crippen LogP contribution is -2.15. The van der Waals surface area contributed by atoms with Gasteiger partial charge in [-0.1, -0.05) is 0 Å². The highest BCUT2D eigenvalue weighted by atomic mass is 16.5. The molecule has 1 rings (SSSR count). The minimum atomic E-state index is 0.0952. The summed E-state index contributed by atoms with van der Waals surface area (Å²) in [6.45, 7) is 0.906. The van der Waals surface area contributed by atoms with Gasteiger partial charge in [0.05, 0.1) is 18.8 Å². The summed E-state index contributed by atoms with van der Waals surface area (Å²) in [4.78, 5) is 0. The fourth-order valence-electron chi connectivity index (χ4n) is 1.47. The zero-order valence-electron chi connectivity index (χ0n) is 6.83. The van der Waals surface area contributed by atoms with Crippen molar-refractivity contribution in [3.63, 3.8) is 0 Å². The third-order valence-electron chi connectivity index (χ3n) is 2.13. The molecule has 0 aliphatic carbocycles. The number of aliphatic hydroxyl groups is 1. The van der Waals surface area contributed by atoms with Gasteiger partial charge >= 0.3 is 0 Å². The van der Waals surface area contributed by atoms with E-state index in [0.29, 0.717) is 6.10 Å². The monoisotopic (exact) mass is 159 g/mol. The van der Waals surface area contributed by atoms with Gasteiger partial charge in [-0.05, 0) is 32.2 Å². The fourth-order valence-corrected chi connectivity index (χ4v) is 1.47. The Morgan fingerprint density at radius 1 is 1.36 bits per heavy atom. The number of hydrogen-bond acceptors (Lipinski definition) is 3. The molecule has 0 radical (unpaired) electrons. The highest BCUT2D eigenvalue weighted by molar-refractivity contribution is 4.72. The molecule has 0 bridgehead atoms. The van der Waals surface area contributed by atoms with Crippen LogP contribution >= 0.6 is 0 Å². The van der Waals surface area contributed by atoms with E-state index in [9.17, 15) is 0 Å². The molecule has 0 saturated carbocycles. The van der Waals surface area contributed by atoms with Crippen LogP contribution in [0, 0.1) is 0 Å². The number of rotatable bonds is 4. The number of aliphatic hydroxyl groups excluding tert-OH is 1. The molecule has 3 heteroatoms. The summed E-state index contributed by atoms with van der Waals surface area (Å²) in [6.07, 6.45) is 4.63. The molecule has 0 aromatic heterocycles. The van der Waals surface area contributed by atoms with E-state index in [1.54, 1.807) is 0 Å². The van der Waals surface area contributed by atoms with Crippen molar-refractivity contribution in [1.29, 1.82) is 0 Å². The molecule has 0 spiro atoms. The Morgan fingerprint density at radius 2 is 2.09 bits per heavy atom. The Kier molecular flexibility index (Phi) is 3.83. The third kappa shape index (κ3) is 2.77. The van der Waals surface area contributed by atoms with Crippen LogP contribution in [0.25, 0.3) is 0 Å². The predicted octanol–water partition coefficient (Wildman–Crippen LogP) is 0.265. The van der Waals surface area contributed by atoms with E-state index >= 15 is 0 Å². The van der Waals surface area contributed by atoms with Crippen molar-refractivity contribution in [3.05, 3.63) is 0 Å². The summed E-state index contributed by atoms with van der Waals surface area (Å²) in [5, 5.41) is 8.76. The van der Waals surface area contributed by atoms with Crippen LogP contribution in [-0.4, -0.2) is 30.5 Å². The second-order valence-corrected chi connectivity index (χ2v) is 3.07. The molecule has 0 aromatic carbocycles. The molecule has 1 fully saturated rings. The SMILES string of the molecule is NCCC[C@H]1CC[C@@H](CO)O1. The van der Waals surface area contributed by atoms with Crippen molar-refractivity contribution in [2.45, 2.75) is 37.9 Å². The minimum Gasteiger partial charge on any atom is -0.394 e. The molecule has 0 aromatic rings. The number of ether oxygens (including phenoxy) is 1. The van der Waals surface area contributed by atoms with Crippen LogP contribution in [0.4, 0.5) is 0 Å². The first-order valence-electron chi connectivity index (χ1n) is 4.33. The van der Waals surface area contributed by atoms with Crippen molar-refractivity contribution < 1.29 is 9.84 Å². The Hall–Kier alpha value is -0.120. The first-order valence-corrected chi connectivity index (χ1v) is 4.33. The van der Waals surface area contributed by atoms with Gasteiger partial charge in [-0.15, -0.1) is 0 Å². The van der Waals surface area contributed by atoms with Crippen molar-refractivity contribution in [1.82, 2.24) is 0 Å². The van der Waals surface area contributed by atoms with Crippen molar-refractivity contribution in [2.75, 3.05) is 13.2 Å². The zero-order valence-corrected chi connectivity index (χ0v) is 6.83. The van der Waals surface area contributed by atoms with Gasteiger partial charge in [-0.3, -0.25) is 0 Å². The highest BCUT2D eigenvalue weighted by Gasteiger charge is 2.23. The molecule has 3 nitrogen and oxygen atoms in total. The summed E-state index contributed by atoms with van der Waals surface area (Å²) >= 11 is 0. The van der Waals surface area contributed by atoms with E-state index in [1.165, 1.54) is 0 Å². The number of hydrogen-bond donors (Lipinski definition) is 2. The number of nitrogens with two attached hydrogens (primary N) is 1. The van der Waals surface area contributed by atoms with Crippen LogP contribution in [0.2, 0.25) is 0 Å². The lowest BCUT2D eigenvalue weighted by Gasteiger charge is -2.10. The topological polar surface area (TPSA) is 55.5 Å². The summed E-state index contributed by atoms with van der Waals surface area (Å²) in [6, 6.07) is 0. The van der Waals surface area contributed by atoms with Gasteiger partial charge in [0.2, 0.25) is 0 Å². The van der Waals surface area contributed by atoms with Crippen LogP contribution in [0.15, 0.2) is 0 Å². The van der Waals surface area contributed by atoms with Crippen molar-refractivity contribution in [2.24, 2.45) is 5.73 Å². The van der Waals surface area contributed by atoms with E-state index in [0.717, 1.165) is 32.2 Å². The van der Waals surface area contributed by atoms with Crippen molar-refractivity contribution in [3.8, 4) is 0 Å². The summed E-state index contributed by atoms with van der Waals surface area (Å²) in [7, 11) is 0. The molecule has 11 heavy (non-hydrogen) atoms. The maximum atomic E-state index is 8.76. The average Bonchev–Trinajstić information content (AvgIpc) is 2.48. The molecule has 1 heterocycles. The molecular formula is C8H17NO2. The average molecular weight is 159 g/mol. The predicted molar refractivity (Wildman–Crippen MR) is 43.3 cm³/mol. The van der Waals surface area contributed by atoms with E-state index in [-0.39, 0.29) is 12.7 Å². The van der Waals surface area contributed by atoms with Gasteiger partial charge in [-0.25, -0.2) is 0 Å². The van der Waals surface area contributed by atoms with E-state index < -0.39 is 0 Å². The normalized spacial score (nSPS) is 31.1. The van der Waals surface area contributed by atoms with Gasteiger partial charge < -0.3 is 15.6 Å². The summed E-state index contributed by atoms with van der Waals surface area (Å²) < 4.78 is 5.51. The molecule has 1 saturated heterocycles. The summed E-state index contributed by atoms with van der Waals surface area (Å²) in [5.74, 6) is 0. The van der Waals surface area contributed by atoms with Crippen LogP contribution in [0.5, 0.6) is 0 Å². The van der Waals surface area contributed by atoms with Crippen LogP contribution in [0.1, 0.15) is 25.7 Å². The van der Waals surface area contributed by atoms with Gasteiger partial charge in [0.1, 0.15) is 0 Å². The Balaban J connectivity index is 2.09. The molecule has 0 amide bonds. The second kappa shape index (κ2) is 4.70. The van der Waals surface area contributed by atoms with Crippen molar-refractivity contribution >= 4 is 0 Å². The molecule has 2 atom stereocenters. The molecule has 0 unspecified atom stereocenters. The first kappa shape index (κ1) is 8.97. The Labute approximate surface area is 67.5 Å². The zero-order chi connectivity index (χ0) is 8.10.